The maximum Gasteiger partial charge on any atom is 0.320 e. The van der Waals surface area contributed by atoms with Gasteiger partial charge in [-0.05, 0) is 49.8 Å². The number of benzene rings is 1. The number of carbonyl (C=O) groups excluding carboxylic acids is 2. The zero-order chi connectivity index (χ0) is 21.3. The van der Waals surface area contributed by atoms with Crippen molar-refractivity contribution in [1.29, 1.82) is 0 Å². The number of primary amides is 1. The van der Waals surface area contributed by atoms with Gasteiger partial charge < -0.3 is 10.8 Å². The van der Waals surface area contributed by atoms with Gasteiger partial charge in [0.15, 0.2) is 0 Å². The molecule has 3 atom stereocenters. The summed E-state index contributed by atoms with van der Waals surface area (Å²) >= 11 is 1.57. The van der Waals surface area contributed by atoms with Crippen LogP contribution in [0.1, 0.15) is 33.6 Å². The maximum absolute atomic E-state index is 13.5. The summed E-state index contributed by atoms with van der Waals surface area (Å²) in [5.41, 5.74) is 6.22. The zero-order valence-corrected chi connectivity index (χ0v) is 17.7. The molecule has 0 saturated heterocycles. The number of hydrogen-bond acceptors (Lipinski definition) is 5. The van der Waals surface area contributed by atoms with Crippen LogP contribution in [0.3, 0.4) is 0 Å². The van der Waals surface area contributed by atoms with Crippen molar-refractivity contribution in [1.82, 2.24) is 5.32 Å². The number of anilines is 1. The third-order valence-electron chi connectivity index (χ3n) is 4.34. The number of thioether (sulfide) groups is 1. The lowest BCUT2D eigenvalue weighted by atomic mass is 9.99. The van der Waals surface area contributed by atoms with E-state index in [1.165, 1.54) is 11.8 Å². The average Bonchev–Trinajstić information content (AvgIpc) is 2.64. The van der Waals surface area contributed by atoms with E-state index in [0.717, 1.165) is 0 Å². The van der Waals surface area contributed by atoms with Crippen LogP contribution in [0.5, 0.6) is 0 Å². The molecule has 0 bridgehead atoms. The molecule has 8 heteroatoms. The van der Waals surface area contributed by atoms with E-state index in [-0.39, 0.29) is 11.8 Å². The number of nitrogens with zero attached hydrogens (tertiary/aromatic N) is 1. The summed E-state index contributed by atoms with van der Waals surface area (Å²) in [5.74, 6) is -1.16. The van der Waals surface area contributed by atoms with Gasteiger partial charge in [0.25, 0.3) is 0 Å². The lowest BCUT2D eigenvalue weighted by Crippen LogP contribution is -2.57. The number of aliphatic carboxylic acids is 1. The third-order valence-corrected chi connectivity index (χ3v) is 4.98. The molecular formula is C20H31N3O4S. The van der Waals surface area contributed by atoms with Gasteiger partial charge in [-0.1, -0.05) is 32.0 Å². The van der Waals surface area contributed by atoms with Crippen LogP contribution >= 0.6 is 11.8 Å². The molecule has 1 aromatic rings. The Morgan fingerprint density at radius 2 is 1.79 bits per heavy atom. The number of nitrogens with one attached hydrogen (secondary N) is 1. The second-order valence-electron chi connectivity index (χ2n) is 7.15. The summed E-state index contributed by atoms with van der Waals surface area (Å²) < 4.78 is 0. The fourth-order valence-electron chi connectivity index (χ4n) is 2.90. The van der Waals surface area contributed by atoms with Gasteiger partial charge in [0.2, 0.25) is 11.8 Å². The highest BCUT2D eigenvalue weighted by Crippen LogP contribution is 2.23. The highest BCUT2D eigenvalue weighted by molar-refractivity contribution is 7.98. The van der Waals surface area contributed by atoms with Gasteiger partial charge in [-0.2, -0.15) is 11.8 Å². The summed E-state index contributed by atoms with van der Waals surface area (Å²) in [6, 6.07) is 6.44. The number of hydrogen-bond donors (Lipinski definition) is 3. The summed E-state index contributed by atoms with van der Waals surface area (Å²) in [6.07, 6.45) is 2.77. The number of nitrogens with two attached hydrogens (primary N) is 1. The molecule has 7 nitrogen and oxygen atoms in total. The van der Waals surface area contributed by atoms with E-state index in [1.54, 1.807) is 36.0 Å². The summed E-state index contributed by atoms with van der Waals surface area (Å²) in [5, 5.41) is 12.1. The standard InChI is InChI=1S/C20H31N3O4S/c1-13(2)12-17(18(21)24)23(15-8-6-5-7-9-15)19(25)16(10-11-28-4)22-14(3)20(26)27/h5-9,13-14,16-17,22H,10-12H2,1-4H3,(H2,21,24)(H,26,27)/t14-,16+,17+/m1/s1. The van der Waals surface area contributed by atoms with E-state index >= 15 is 0 Å². The molecular weight excluding hydrogens is 378 g/mol. The predicted molar refractivity (Wildman–Crippen MR) is 113 cm³/mol. The van der Waals surface area contributed by atoms with Crippen LogP contribution < -0.4 is 16.0 Å². The predicted octanol–water partition coefficient (Wildman–Crippen LogP) is 2.10. The van der Waals surface area contributed by atoms with Crippen LogP contribution in [0, 0.1) is 5.92 Å². The van der Waals surface area contributed by atoms with Gasteiger partial charge >= 0.3 is 5.97 Å². The molecule has 0 aliphatic rings. The molecule has 1 rings (SSSR count). The van der Waals surface area contributed by atoms with Crippen molar-refractivity contribution < 1.29 is 19.5 Å². The molecule has 0 spiro atoms. The van der Waals surface area contributed by atoms with Crippen LogP contribution in [-0.2, 0) is 14.4 Å². The molecule has 0 saturated carbocycles. The van der Waals surface area contributed by atoms with Gasteiger partial charge in [0.05, 0.1) is 6.04 Å². The fraction of sp³-hybridized carbons (Fsp3) is 0.550. The first-order valence-corrected chi connectivity index (χ1v) is 10.7. The van der Waals surface area contributed by atoms with E-state index in [9.17, 15) is 19.5 Å². The summed E-state index contributed by atoms with van der Waals surface area (Å²) in [7, 11) is 0. The molecule has 0 unspecified atom stereocenters. The molecule has 0 aliphatic heterocycles. The fourth-order valence-corrected chi connectivity index (χ4v) is 3.37. The number of para-hydroxylation sites is 1. The van der Waals surface area contributed by atoms with Gasteiger partial charge in [-0.25, -0.2) is 0 Å². The minimum absolute atomic E-state index is 0.145. The second-order valence-corrected chi connectivity index (χ2v) is 8.14. The van der Waals surface area contributed by atoms with Crippen LogP contribution in [0.2, 0.25) is 0 Å². The lowest BCUT2D eigenvalue weighted by molar-refractivity contribution is -0.139. The number of amides is 2. The Bertz CT molecular complexity index is 654. The third kappa shape index (κ3) is 7.16. The van der Waals surface area contributed by atoms with E-state index < -0.39 is 30.0 Å². The highest BCUT2D eigenvalue weighted by atomic mass is 32.2. The van der Waals surface area contributed by atoms with Crippen molar-refractivity contribution in [3.05, 3.63) is 30.3 Å². The van der Waals surface area contributed by atoms with Crippen molar-refractivity contribution >= 4 is 35.2 Å². The van der Waals surface area contributed by atoms with Crippen LogP contribution in [0.4, 0.5) is 5.69 Å². The Hall–Kier alpha value is -2.06. The largest absolute Gasteiger partial charge is 0.480 e. The molecule has 156 valence electrons. The molecule has 0 aromatic heterocycles. The Labute approximate surface area is 171 Å². The van der Waals surface area contributed by atoms with Gasteiger partial charge in [-0.3, -0.25) is 24.6 Å². The van der Waals surface area contributed by atoms with Gasteiger partial charge in [0, 0.05) is 5.69 Å². The molecule has 0 aliphatic carbocycles. The first kappa shape index (κ1) is 24.0. The zero-order valence-electron chi connectivity index (χ0n) is 16.9. The molecule has 1 aromatic carbocycles. The van der Waals surface area contributed by atoms with E-state index in [0.29, 0.717) is 24.3 Å². The minimum Gasteiger partial charge on any atom is -0.480 e. The van der Waals surface area contributed by atoms with Crippen LogP contribution in [0.25, 0.3) is 0 Å². The van der Waals surface area contributed by atoms with E-state index in [1.807, 2.05) is 26.2 Å². The van der Waals surface area contributed by atoms with Crippen molar-refractivity contribution in [2.24, 2.45) is 11.7 Å². The maximum atomic E-state index is 13.5. The molecule has 0 radical (unpaired) electrons. The molecule has 2 amide bonds. The monoisotopic (exact) mass is 409 g/mol. The van der Waals surface area contributed by atoms with Crippen LogP contribution in [0.15, 0.2) is 30.3 Å². The average molecular weight is 410 g/mol. The second kappa shape index (κ2) is 11.7. The summed E-state index contributed by atoms with van der Waals surface area (Å²) in [4.78, 5) is 38.4. The first-order valence-electron chi connectivity index (χ1n) is 9.34. The molecule has 0 heterocycles. The Balaban J connectivity index is 3.32. The Morgan fingerprint density at radius 3 is 2.25 bits per heavy atom. The lowest BCUT2D eigenvalue weighted by Gasteiger charge is -2.34. The Kier molecular flexibility index (Phi) is 10.0. The number of carbonyl (C=O) groups is 3. The smallest absolute Gasteiger partial charge is 0.320 e. The van der Waals surface area contributed by atoms with Gasteiger partial charge in [0.1, 0.15) is 12.1 Å². The van der Waals surface area contributed by atoms with Crippen molar-refractivity contribution in [3.8, 4) is 0 Å². The van der Waals surface area contributed by atoms with E-state index in [4.69, 9.17) is 5.73 Å². The van der Waals surface area contributed by atoms with Crippen LogP contribution in [-0.4, -0.2) is 53.0 Å². The minimum atomic E-state index is -1.04. The first-order chi connectivity index (χ1) is 13.2. The number of carboxylic acids is 1. The highest BCUT2D eigenvalue weighted by Gasteiger charge is 2.35. The summed E-state index contributed by atoms with van der Waals surface area (Å²) in [6.45, 7) is 5.41. The van der Waals surface area contributed by atoms with Crippen molar-refractivity contribution in [3.63, 3.8) is 0 Å². The van der Waals surface area contributed by atoms with E-state index in [2.05, 4.69) is 5.32 Å². The quantitative estimate of drug-likeness (QED) is 0.487. The van der Waals surface area contributed by atoms with Crippen molar-refractivity contribution in [2.75, 3.05) is 16.9 Å². The molecule has 28 heavy (non-hydrogen) atoms. The SMILES string of the molecule is CSCC[C@H](N[C@H](C)C(=O)O)C(=O)N(c1ccccc1)[C@@H](CC(C)C)C(N)=O. The molecule has 0 fully saturated rings. The topological polar surface area (TPSA) is 113 Å². The van der Waals surface area contributed by atoms with Gasteiger partial charge in [-0.15, -0.1) is 0 Å². The normalized spacial score (nSPS) is 14.3. The number of carboxylic acid groups (broad SMARTS) is 1. The van der Waals surface area contributed by atoms with Crippen molar-refractivity contribution in [2.45, 2.75) is 51.7 Å². The number of rotatable bonds is 12. The molecule has 4 N–H and O–H groups in total. The Morgan fingerprint density at radius 1 is 1.18 bits per heavy atom.